The van der Waals surface area contributed by atoms with Gasteiger partial charge in [-0.1, -0.05) is 12.1 Å². The van der Waals surface area contributed by atoms with Crippen molar-refractivity contribution in [1.82, 2.24) is 24.8 Å². The lowest BCUT2D eigenvalue weighted by atomic mass is 10.2. The molecule has 2 aromatic heterocycles. The monoisotopic (exact) mass is 249 g/mol. The highest BCUT2D eigenvalue weighted by Crippen LogP contribution is 2.08. The van der Waals surface area contributed by atoms with E-state index in [1.807, 2.05) is 20.2 Å². The van der Waals surface area contributed by atoms with E-state index in [1.165, 1.54) is 0 Å². The number of hydrogen-bond donors (Lipinski definition) is 1. The van der Waals surface area contributed by atoms with Crippen molar-refractivity contribution in [1.29, 1.82) is 0 Å². The minimum absolute atomic E-state index is 0.0451. The molecule has 7 nitrogen and oxygen atoms in total. The highest BCUT2D eigenvalue weighted by Gasteiger charge is 2.17. The molecule has 0 aliphatic rings. The Morgan fingerprint density at radius 3 is 2.83 bits per heavy atom. The third kappa shape index (κ3) is 2.39. The SMILES string of the molecule is CCc1c(C(=O)O)nnn1CCc1cnn(C)c1. The zero-order valence-electron chi connectivity index (χ0n) is 10.4. The van der Waals surface area contributed by atoms with Gasteiger partial charge in [-0.15, -0.1) is 5.10 Å². The Morgan fingerprint density at radius 1 is 1.50 bits per heavy atom. The zero-order chi connectivity index (χ0) is 13.1. The van der Waals surface area contributed by atoms with Crippen molar-refractivity contribution in [2.24, 2.45) is 7.05 Å². The number of aryl methyl sites for hydroxylation is 3. The van der Waals surface area contributed by atoms with Crippen molar-refractivity contribution in [2.45, 2.75) is 26.3 Å². The first-order valence-corrected chi connectivity index (χ1v) is 5.75. The molecule has 0 aliphatic carbocycles. The van der Waals surface area contributed by atoms with Crippen molar-refractivity contribution in [3.8, 4) is 0 Å². The van der Waals surface area contributed by atoms with Gasteiger partial charge in [0.05, 0.1) is 11.9 Å². The van der Waals surface area contributed by atoms with E-state index in [1.54, 1.807) is 15.6 Å². The summed E-state index contributed by atoms with van der Waals surface area (Å²) in [6.45, 7) is 2.50. The topological polar surface area (TPSA) is 85.8 Å². The van der Waals surface area contributed by atoms with Gasteiger partial charge in [-0.05, 0) is 18.4 Å². The molecule has 0 saturated carbocycles. The van der Waals surface area contributed by atoms with Crippen LogP contribution in [0.1, 0.15) is 28.7 Å². The average Bonchev–Trinajstić information content (AvgIpc) is 2.91. The average molecular weight is 249 g/mol. The second-order valence-corrected chi connectivity index (χ2v) is 4.04. The van der Waals surface area contributed by atoms with Gasteiger partial charge >= 0.3 is 5.97 Å². The molecule has 0 spiro atoms. The quantitative estimate of drug-likeness (QED) is 0.834. The minimum atomic E-state index is -1.03. The third-order valence-electron chi connectivity index (χ3n) is 2.75. The summed E-state index contributed by atoms with van der Waals surface area (Å²) in [5.41, 5.74) is 1.79. The lowest BCUT2D eigenvalue weighted by Gasteiger charge is -2.03. The maximum atomic E-state index is 10.9. The number of carboxylic acid groups (broad SMARTS) is 1. The van der Waals surface area contributed by atoms with Crippen LogP contribution in [0.2, 0.25) is 0 Å². The van der Waals surface area contributed by atoms with Gasteiger partial charge in [0, 0.05) is 19.8 Å². The van der Waals surface area contributed by atoms with Crippen LogP contribution in [0.4, 0.5) is 0 Å². The van der Waals surface area contributed by atoms with Gasteiger partial charge in [-0.3, -0.25) is 4.68 Å². The molecule has 0 aliphatic heterocycles. The van der Waals surface area contributed by atoms with E-state index in [2.05, 4.69) is 15.4 Å². The fourth-order valence-electron chi connectivity index (χ4n) is 1.86. The summed E-state index contributed by atoms with van der Waals surface area (Å²) in [5.74, 6) is -1.03. The number of aromatic nitrogens is 5. The van der Waals surface area contributed by atoms with Crippen molar-refractivity contribution in [2.75, 3.05) is 0 Å². The summed E-state index contributed by atoms with van der Waals surface area (Å²) in [5, 5.41) is 20.6. The molecule has 0 atom stereocenters. The highest BCUT2D eigenvalue weighted by atomic mass is 16.4. The summed E-state index contributed by atoms with van der Waals surface area (Å²) in [6, 6.07) is 0. The van der Waals surface area contributed by atoms with Crippen LogP contribution in [0, 0.1) is 0 Å². The van der Waals surface area contributed by atoms with Crippen LogP contribution in [0.5, 0.6) is 0 Å². The standard InChI is InChI=1S/C11H15N5O2/c1-3-9-10(11(17)18)13-14-16(9)5-4-8-6-12-15(2)7-8/h6-7H,3-5H2,1-2H3,(H,17,18). The molecule has 0 unspecified atom stereocenters. The summed E-state index contributed by atoms with van der Waals surface area (Å²) in [4.78, 5) is 10.9. The number of aromatic carboxylic acids is 1. The molecule has 2 heterocycles. The molecular weight excluding hydrogens is 234 g/mol. The van der Waals surface area contributed by atoms with Gasteiger partial charge in [0.2, 0.25) is 0 Å². The Kier molecular flexibility index (Phi) is 3.40. The van der Waals surface area contributed by atoms with Gasteiger partial charge in [-0.25, -0.2) is 9.48 Å². The van der Waals surface area contributed by atoms with Crippen LogP contribution >= 0.6 is 0 Å². The van der Waals surface area contributed by atoms with E-state index >= 15 is 0 Å². The normalized spacial score (nSPS) is 10.8. The van der Waals surface area contributed by atoms with Crippen LogP contribution in [-0.2, 0) is 26.4 Å². The van der Waals surface area contributed by atoms with E-state index < -0.39 is 5.97 Å². The van der Waals surface area contributed by atoms with Crippen LogP contribution in [0.25, 0.3) is 0 Å². The molecule has 0 aromatic carbocycles. The van der Waals surface area contributed by atoms with Crippen molar-refractivity contribution >= 4 is 5.97 Å². The highest BCUT2D eigenvalue weighted by molar-refractivity contribution is 5.86. The van der Waals surface area contributed by atoms with Crippen LogP contribution in [-0.4, -0.2) is 35.9 Å². The van der Waals surface area contributed by atoms with E-state index in [0.29, 0.717) is 18.7 Å². The Labute approximate surface area is 104 Å². The predicted octanol–water partition coefficient (Wildman–Crippen LogP) is 0.515. The zero-order valence-corrected chi connectivity index (χ0v) is 10.4. The van der Waals surface area contributed by atoms with Crippen LogP contribution in [0.15, 0.2) is 12.4 Å². The molecule has 0 fully saturated rings. The first kappa shape index (κ1) is 12.3. The molecule has 1 N–H and O–H groups in total. The number of rotatable bonds is 5. The number of hydrogen-bond acceptors (Lipinski definition) is 4. The predicted molar refractivity (Wildman–Crippen MR) is 63.3 cm³/mol. The minimum Gasteiger partial charge on any atom is -0.476 e. The first-order valence-electron chi connectivity index (χ1n) is 5.75. The van der Waals surface area contributed by atoms with Gasteiger partial charge in [0.25, 0.3) is 0 Å². The number of carboxylic acids is 1. The summed E-state index contributed by atoms with van der Waals surface area (Å²) < 4.78 is 3.39. The molecule has 96 valence electrons. The number of nitrogens with zero attached hydrogens (tertiary/aromatic N) is 5. The van der Waals surface area contributed by atoms with Crippen LogP contribution < -0.4 is 0 Å². The maximum absolute atomic E-state index is 10.9. The molecule has 7 heteroatoms. The summed E-state index contributed by atoms with van der Waals surface area (Å²) in [6.07, 6.45) is 5.08. The van der Waals surface area contributed by atoms with Crippen LogP contribution in [0.3, 0.4) is 0 Å². The van der Waals surface area contributed by atoms with E-state index in [4.69, 9.17) is 5.11 Å². The first-order chi connectivity index (χ1) is 8.61. The molecule has 0 bridgehead atoms. The maximum Gasteiger partial charge on any atom is 0.358 e. The Balaban J connectivity index is 2.12. The molecule has 0 saturated heterocycles. The molecule has 0 radical (unpaired) electrons. The van der Waals surface area contributed by atoms with E-state index in [-0.39, 0.29) is 5.69 Å². The lowest BCUT2D eigenvalue weighted by molar-refractivity contribution is 0.0689. The second-order valence-electron chi connectivity index (χ2n) is 4.04. The molecule has 2 rings (SSSR count). The fraction of sp³-hybridized carbons (Fsp3) is 0.455. The van der Waals surface area contributed by atoms with Crippen molar-refractivity contribution in [3.63, 3.8) is 0 Å². The molecule has 18 heavy (non-hydrogen) atoms. The molecule has 2 aromatic rings. The largest absolute Gasteiger partial charge is 0.476 e. The fourth-order valence-corrected chi connectivity index (χ4v) is 1.86. The smallest absolute Gasteiger partial charge is 0.358 e. The van der Waals surface area contributed by atoms with E-state index in [0.717, 1.165) is 12.0 Å². The van der Waals surface area contributed by atoms with Crippen molar-refractivity contribution in [3.05, 3.63) is 29.3 Å². The summed E-state index contributed by atoms with van der Waals surface area (Å²) >= 11 is 0. The lowest BCUT2D eigenvalue weighted by Crippen LogP contribution is -2.09. The Morgan fingerprint density at radius 2 is 2.28 bits per heavy atom. The number of carbonyl (C=O) groups is 1. The van der Waals surface area contributed by atoms with Gasteiger partial charge < -0.3 is 5.11 Å². The second kappa shape index (κ2) is 4.99. The third-order valence-corrected chi connectivity index (χ3v) is 2.75. The van der Waals surface area contributed by atoms with Gasteiger partial charge in [-0.2, -0.15) is 5.10 Å². The molecular formula is C11H15N5O2. The van der Waals surface area contributed by atoms with Gasteiger partial charge in [0.1, 0.15) is 0 Å². The summed E-state index contributed by atoms with van der Waals surface area (Å²) in [7, 11) is 1.86. The van der Waals surface area contributed by atoms with Crippen molar-refractivity contribution < 1.29 is 9.90 Å². The Bertz CT molecular complexity index is 558. The van der Waals surface area contributed by atoms with Gasteiger partial charge in [0.15, 0.2) is 5.69 Å². The molecule has 0 amide bonds. The van der Waals surface area contributed by atoms with E-state index in [9.17, 15) is 4.79 Å². The Hall–Kier alpha value is -2.18.